The Balaban J connectivity index is 2.29. The van der Waals surface area contributed by atoms with Gasteiger partial charge in [0, 0.05) is 33.2 Å². The van der Waals surface area contributed by atoms with Crippen molar-refractivity contribution in [3.8, 4) is 0 Å². The molecule has 0 saturated heterocycles. The number of anilines is 3. The van der Waals surface area contributed by atoms with Gasteiger partial charge >= 0.3 is 0 Å². The summed E-state index contributed by atoms with van der Waals surface area (Å²) in [7, 11) is 3.92. The number of nitrogens with one attached hydrogen (secondary N) is 1. The molecule has 2 rings (SSSR count). The highest BCUT2D eigenvalue weighted by Gasteiger charge is 2.32. The van der Waals surface area contributed by atoms with Gasteiger partial charge < -0.3 is 15.1 Å². The van der Waals surface area contributed by atoms with E-state index in [9.17, 15) is 0 Å². The lowest BCUT2D eigenvalue weighted by molar-refractivity contribution is 0.596. The molecule has 1 aliphatic rings. The van der Waals surface area contributed by atoms with Gasteiger partial charge in [0.05, 0.1) is 0 Å². The van der Waals surface area contributed by atoms with Crippen LogP contribution in [-0.2, 0) is 0 Å². The molecule has 1 fully saturated rings. The van der Waals surface area contributed by atoms with Crippen LogP contribution in [0.5, 0.6) is 0 Å². The van der Waals surface area contributed by atoms with Crippen LogP contribution in [0.4, 0.5) is 17.8 Å². The van der Waals surface area contributed by atoms with Crippen LogP contribution in [0.25, 0.3) is 0 Å². The van der Waals surface area contributed by atoms with E-state index >= 15 is 0 Å². The van der Waals surface area contributed by atoms with Crippen molar-refractivity contribution >= 4 is 17.8 Å². The lowest BCUT2D eigenvalue weighted by Crippen LogP contribution is -2.33. The molecule has 0 aliphatic heterocycles. The van der Waals surface area contributed by atoms with Crippen molar-refractivity contribution in [3.63, 3.8) is 0 Å². The van der Waals surface area contributed by atoms with E-state index in [1.54, 1.807) is 0 Å². The van der Waals surface area contributed by atoms with Crippen molar-refractivity contribution in [1.29, 1.82) is 0 Å². The molecule has 1 saturated carbocycles. The Morgan fingerprint density at radius 3 is 2.25 bits per heavy atom. The van der Waals surface area contributed by atoms with Gasteiger partial charge in [-0.25, -0.2) is 0 Å². The number of hydrogen-bond acceptors (Lipinski definition) is 6. The molecule has 0 bridgehead atoms. The van der Waals surface area contributed by atoms with E-state index in [2.05, 4.69) is 57.9 Å². The largest absolute Gasteiger partial charge is 0.357 e. The van der Waals surface area contributed by atoms with Crippen molar-refractivity contribution < 1.29 is 0 Å². The normalized spacial score (nSPS) is 15.8. The standard InChI is InChI=1S/C14H26N6/c1-6-20(7-2)14-17-12(15-4)16-13(18-14)19(5)10(3)11-8-9-11/h10-11H,6-9H2,1-5H3,(H,15,16,17,18). The fourth-order valence-corrected chi connectivity index (χ4v) is 2.35. The van der Waals surface area contributed by atoms with Crippen LogP contribution in [-0.4, -0.2) is 48.2 Å². The first-order chi connectivity index (χ1) is 9.60. The molecule has 1 atom stereocenters. The number of hydrogen-bond donors (Lipinski definition) is 1. The fourth-order valence-electron chi connectivity index (χ4n) is 2.35. The van der Waals surface area contributed by atoms with E-state index in [0.717, 1.165) is 30.9 Å². The average Bonchev–Trinajstić information content (AvgIpc) is 3.31. The summed E-state index contributed by atoms with van der Waals surface area (Å²) in [6, 6.07) is 0.478. The molecule has 112 valence electrons. The van der Waals surface area contributed by atoms with Gasteiger partial charge in [-0.1, -0.05) is 0 Å². The predicted molar refractivity (Wildman–Crippen MR) is 83.5 cm³/mol. The number of aromatic nitrogens is 3. The molecule has 0 amide bonds. The first-order valence-electron chi connectivity index (χ1n) is 7.52. The summed E-state index contributed by atoms with van der Waals surface area (Å²) in [4.78, 5) is 17.9. The van der Waals surface area contributed by atoms with E-state index in [1.165, 1.54) is 12.8 Å². The van der Waals surface area contributed by atoms with Gasteiger partial charge in [-0.3, -0.25) is 0 Å². The van der Waals surface area contributed by atoms with E-state index < -0.39 is 0 Å². The topological polar surface area (TPSA) is 57.2 Å². The van der Waals surface area contributed by atoms with Gasteiger partial charge in [0.15, 0.2) is 0 Å². The lowest BCUT2D eigenvalue weighted by Gasteiger charge is -2.26. The van der Waals surface area contributed by atoms with Crippen LogP contribution < -0.4 is 15.1 Å². The Labute approximate surface area is 121 Å². The van der Waals surface area contributed by atoms with Crippen molar-refractivity contribution in [2.24, 2.45) is 5.92 Å². The molecule has 0 spiro atoms. The van der Waals surface area contributed by atoms with E-state index in [-0.39, 0.29) is 0 Å². The molecule has 1 unspecified atom stereocenters. The second-order valence-electron chi connectivity index (χ2n) is 5.37. The molecular formula is C14H26N6. The van der Waals surface area contributed by atoms with Gasteiger partial charge in [0.25, 0.3) is 0 Å². The average molecular weight is 278 g/mol. The molecule has 6 nitrogen and oxygen atoms in total. The predicted octanol–water partition coefficient (Wildman–Crippen LogP) is 1.99. The monoisotopic (exact) mass is 278 g/mol. The van der Waals surface area contributed by atoms with Gasteiger partial charge in [0.2, 0.25) is 17.8 Å². The Kier molecular flexibility index (Phi) is 4.62. The summed E-state index contributed by atoms with van der Waals surface area (Å²) in [5.74, 6) is 2.92. The molecule has 20 heavy (non-hydrogen) atoms. The third kappa shape index (κ3) is 3.11. The molecule has 1 aliphatic carbocycles. The van der Waals surface area contributed by atoms with Crippen LogP contribution in [0.15, 0.2) is 0 Å². The van der Waals surface area contributed by atoms with E-state index in [4.69, 9.17) is 0 Å². The molecule has 6 heteroatoms. The Hall–Kier alpha value is -1.59. The van der Waals surface area contributed by atoms with Gasteiger partial charge in [-0.2, -0.15) is 15.0 Å². The van der Waals surface area contributed by atoms with Crippen LogP contribution in [0.3, 0.4) is 0 Å². The smallest absolute Gasteiger partial charge is 0.231 e. The fraction of sp³-hybridized carbons (Fsp3) is 0.786. The first kappa shape index (κ1) is 14.8. The van der Waals surface area contributed by atoms with Crippen molar-refractivity contribution in [2.75, 3.05) is 42.3 Å². The highest BCUT2D eigenvalue weighted by atomic mass is 15.4. The van der Waals surface area contributed by atoms with Gasteiger partial charge in [0.1, 0.15) is 0 Å². The molecule has 1 heterocycles. The van der Waals surface area contributed by atoms with Gasteiger partial charge in [-0.05, 0) is 39.5 Å². The molecular weight excluding hydrogens is 252 g/mol. The van der Waals surface area contributed by atoms with E-state index in [0.29, 0.717) is 12.0 Å². The van der Waals surface area contributed by atoms with Gasteiger partial charge in [-0.15, -0.1) is 0 Å². The zero-order valence-electron chi connectivity index (χ0n) is 13.2. The molecule has 0 aromatic carbocycles. The molecule has 1 N–H and O–H groups in total. The van der Waals surface area contributed by atoms with Crippen LogP contribution >= 0.6 is 0 Å². The lowest BCUT2D eigenvalue weighted by atomic mass is 10.2. The zero-order valence-corrected chi connectivity index (χ0v) is 13.2. The second kappa shape index (κ2) is 6.24. The SMILES string of the molecule is CCN(CC)c1nc(NC)nc(N(C)C(C)C2CC2)n1. The third-order valence-electron chi connectivity index (χ3n) is 4.11. The van der Waals surface area contributed by atoms with Crippen LogP contribution in [0.2, 0.25) is 0 Å². The van der Waals surface area contributed by atoms with Crippen molar-refractivity contribution in [1.82, 2.24) is 15.0 Å². The van der Waals surface area contributed by atoms with Crippen molar-refractivity contribution in [2.45, 2.75) is 39.7 Å². The minimum Gasteiger partial charge on any atom is -0.357 e. The zero-order chi connectivity index (χ0) is 14.7. The van der Waals surface area contributed by atoms with Crippen LogP contribution in [0.1, 0.15) is 33.6 Å². The number of rotatable bonds is 7. The Morgan fingerprint density at radius 2 is 1.75 bits per heavy atom. The highest BCUT2D eigenvalue weighted by molar-refractivity contribution is 5.45. The highest BCUT2D eigenvalue weighted by Crippen LogP contribution is 2.35. The first-order valence-corrected chi connectivity index (χ1v) is 7.52. The molecule has 1 aromatic heterocycles. The summed E-state index contributed by atoms with van der Waals surface area (Å²) >= 11 is 0. The molecule has 0 radical (unpaired) electrons. The minimum atomic E-state index is 0.478. The summed E-state index contributed by atoms with van der Waals surface area (Å²) in [6.45, 7) is 8.26. The quantitative estimate of drug-likeness (QED) is 0.823. The van der Waals surface area contributed by atoms with Crippen molar-refractivity contribution in [3.05, 3.63) is 0 Å². The summed E-state index contributed by atoms with van der Waals surface area (Å²) < 4.78 is 0. The summed E-state index contributed by atoms with van der Waals surface area (Å²) in [5, 5.41) is 3.03. The summed E-state index contributed by atoms with van der Waals surface area (Å²) in [5.41, 5.74) is 0. The Morgan fingerprint density at radius 1 is 1.15 bits per heavy atom. The maximum atomic E-state index is 4.64. The minimum absolute atomic E-state index is 0.478. The molecule has 1 aromatic rings. The number of nitrogens with zero attached hydrogens (tertiary/aromatic N) is 5. The maximum Gasteiger partial charge on any atom is 0.231 e. The summed E-state index contributed by atoms with van der Waals surface area (Å²) in [6.07, 6.45) is 2.64. The van der Waals surface area contributed by atoms with E-state index in [1.807, 2.05) is 7.05 Å². The maximum absolute atomic E-state index is 4.64. The third-order valence-corrected chi connectivity index (χ3v) is 4.11. The Bertz CT molecular complexity index is 441. The van der Waals surface area contributed by atoms with Crippen LogP contribution in [0, 0.1) is 5.92 Å². The second-order valence-corrected chi connectivity index (χ2v) is 5.37.